The van der Waals surface area contributed by atoms with E-state index in [1.165, 1.54) is 0 Å². The molecule has 0 saturated heterocycles. The molecule has 0 heterocycles. The van der Waals surface area contributed by atoms with Crippen molar-refractivity contribution in [2.24, 2.45) is 5.16 Å². The molecule has 2 heteroatoms. The molecule has 0 amide bonds. The molecule has 0 saturated carbocycles. The van der Waals surface area contributed by atoms with Gasteiger partial charge in [-0.2, -0.15) is 0 Å². The van der Waals surface area contributed by atoms with Gasteiger partial charge in [-0.1, -0.05) is 35.5 Å². The van der Waals surface area contributed by atoms with Crippen molar-refractivity contribution < 1.29 is 4.84 Å². The first-order valence-electron chi connectivity index (χ1n) is 3.64. The average Bonchev–Trinajstić information content (AvgIpc) is 2.07. The summed E-state index contributed by atoms with van der Waals surface area (Å²) in [6.45, 7) is 2.52. The van der Waals surface area contributed by atoms with Crippen LogP contribution >= 0.6 is 0 Å². The van der Waals surface area contributed by atoms with Crippen LogP contribution < -0.4 is 0 Å². The van der Waals surface area contributed by atoms with Crippen molar-refractivity contribution in [1.29, 1.82) is 0 Å². The summed E-state index contributed by atoms with van der Waals surface area (Å²) in [4.78, 5) is 4.81. The van der Waals surface area contributed by atoms with Gasteiger partial charge in [-0.25, -0.2) is 0 Å². The predicted octanol–water partition coefficient (Wildman–Crippen LogP) is 2.06. The summed E-state index contributed by atoms with van der Waals surface area (Å²) in [5.41, 5.74) is 1.06. The van der Waals surface area contributed by atoms with Gasteiger partial charge in [0.05, 0.1) is 6.21 Å². The summed E-state index contributed by atoms with van der Waals surface area (Å²) < 4.78 is 0. The molecule has 0 aliphatic heterocycles. The normalized spacial score (nSPS) is 10.3. The third-order valence-corrected chi connectivity index (χ3v) is 1.20. The molecule has 0 unspecified atom stereocenters. The van der Waals surface area contributed by atoms with Crippen molar-refractivity contribution >= 4 is 6.21 Å². The Morgan fingerprint density at radius 1 is 1.36 bits per heavy atom. The molecule has 0 aliphatic rings. The van der Waals surface area contributed by atoms with Crippen molar-refractivity contribution in [3.05, 3.63) is 35.9 Å². The average molecular weight is 149 g/mol. The minimum atomic E-state index is 0.614. The number of oxime groups is 1. The van der Waals surface area contributed by atoms with Crippen LogP contribution in [-0.4, -0.2) is 12.8 Å². The molecule has 2 nitrogen and oxygen atoms in total. The van der Waals surface area contributed by atoms with E-state index in [1.807, 2.05) is 37.3 Å². The Morgan fingerprint density at radius 2 is 2.09 bits per heavy atom. The summed E-state index contributed by atoms with van der Waals surface area (Å²) in [5, 5.41) is 3.74. The summed E-state index contributed by atoms with van der Waals surface area (Å²) >= 11 is 0. The Balaban J connectivity index is 2.50. The maximum atomic E-state index is 4.81. The molecule has 1 rings (SSSR count). The van der Waals surface area contributed by atoms with Crippen molar-refractivity contribution in [3.8, 4) is 0 Å². The van der Waals surface area contributed by atoms with Gasteiger partial charge in [0.25, 0.3) is 0 Å². The third-order valence-electron chi connectivity index (χ3n) is 1.20. The van der Waals surface area contributed by atoms with Gasteiger partial charge in [0.1, 0.15) is 6.61 Å². The van der Waals surface area contributed by atoms with Gasteiger partial charge in [0.15, 0.2) is 0 Å². The fourth-order valence-electron chi connectivity index (χ4n) is 0.712. The molecule has 1 aromatic carbocycles. The fourth-order valence-corrected chi connectivity index (χ4v) is 0.712. The zero-order valence-electron chi connectivity index (χ0n) is 6.53. The van der Waals surface area contributed by atoms with Crippen LogP contribution in [0.25, 0.3) is 0 Å². The first-order chi connectivity index (χ1) is 5.43. The zero-order chi connectivity index (χ0) is 7.94. The van der Waals surface area contributed by atoms with Crippen LogP contribution in [0.1, 0.15) is 12.5 Å². The third kappa shape index (κ3) is 2.85. The van der Waals surface area contributed by atoms with E-state index in [1.54, 1.807) is 6.21 Å². The Morgan fingerprint density at radius 3 is 2.73 bits per heavy atom. The number of hydrogen-bond acceptors (Lipinski definition) is 2. The van der Waals surface area contributed by atoms with Gasteiger partial charge in [-0.05, 0) is 12.5 Å². The Hall–Kier alpha value is -1.31. The van der Waals surface area contributed by atoms with Gasteiger partial charge in [0, 0.05) is 0 Å². The highest BCUT2D eigenvalue weighted by Gasteiger charge is 1.81. The number of nitrogens with zero attached hydrogens (tertiary/aromatic N) is 1. The summed E-state index contributed by atoms with van der Waals surface area (Å²) in [7, 11) is 0. The summed E-state index contributed by atoms with van der Waals surface area (Å²) in [5.74, 6) is 0. The van der Waals surface area contributed by atoms with E-state index >= 15 is 0 Å². The summed E-state index contributed by atoms with van der Waals surface area (Å²) in [6, 6.07) is 9.85. The van der Waals surface area contributed by atoms with E-state index < -0.39 is 0 Å². The van der Waals surface area contributed by atoms with Crippen LogP contribution in [0.5, 0.6) is 0 Å². The van der Waals surface area contributed by atoms with E-state index in [2.05, 4.69) is 5.16 Å². The molecule has 0 bridgehead atoms. The SMILES string of the molecule is CCO/N=C\c1ccccc1. The maximum absolute atomic E-state index is 4.81. The number of benzene rings is 1. The van der Waals surface area contributed by atoms with E-state index in [4.69, 9.17) is 4.84 Å². The highest BCUT2D eigenvalue weighted by molar-refractivity contribution is 5.78. The minimum Gasteiger partial charge on any atom is -0.396 e. The molecule has 0 fully saturated rings. The summed E-state index contributed by atoms with van der Waals surface area (Å²) in [6.07, 6.45) is 1.70. The van der Waals surface area contributed by atoms with Gasteiger partial charge in [-0.15, -0.1) is 0 Å². The molecule has 0 aliphatic carbocycles. The van der Waals surface area contributed by atoms with Crippen LogP contribution in [-0.2, 0) is 4.84 Å². The fraction of sp³-hybridized carbons (Fsp3) is 0.222. The number of hydrogen-bond donors (Lipinski definition) is 0. The Kier molecular flexibility index (Phi) is 3.19. The number of rotatable bonds is 3. The lowest BCUT2D eigenvalue weighted by Gasteiger charge is -1.91. The van der Waals surface area contributed by atoms with Crippen molar-refractivity contribution in [2.45, 2.75) is 6.92 Å². The van der Waals surface area contributed by atoms with Crippen molar-refractivity contribution in [1.82, 2.24) is 0 Å². The quantitative estimate of drug-likeness (QED) is 0.476. The van der Waals surface area contributed by atoms with E-state index in [0.717, 1.165) is 5.56 Å². The zero-order valence-corrected chi connectivity index (χ0v) is 6.53. The maximum Gasteiger partial charge on any atom is 0.114 e. The smallest absolute Gasteiger partial charge is 0.114 e. The van der Waals surface area contributed by atoms with Crippen LogP contribution in [0.15, 0.2) is 35.5 Å². The molecule has 0 spiro atoms. The lowest BCUT2D eigenvalue weighted by Crippen LogP contribution is -1.82. The standard InChI is InChI=1S/C9H11NO/c1-2-11-10-8-9-6-4-3-5-7-9/h3-8H,2H2,1H3/b10-8-. The largest absolute Gasteiger partial charge is 0.396 e. The van der Waals surface area contributed by atoms with Crippen LogP contribution in [0.2, 0.25) is 0 Å². The van der Waals surface area contributed by atoms with Gasteiger partial charge in [-0.3, -0.25) is 0 Å². The first kappa shape index (κ1) is 7.79. The second-order valence-corrected chi connectivity index (χ2v) is 2.06. The van der Waals surface area contributed by atoms with Gasteiger partial charge < -0.3 is 4.84 Å². The van der Waals surface area contributed by atoms with Gasteiger partial charge >= 0.3 is 0 Å². The molecule has 11 heavy (non-hydrogen) atoms. The molecule has 0 radical (unpaired) electrons. The van der Waals surface area contributed by atoms with Crippen molar-refractivity contribution in [3.63, 3.8) is 0 Å². The molecular formula is C9H11NO. The Labute approximate surface area is 66.5 Å². The van der Waals surface area contributed by atoms with Crippen LogP contribution in [0, 0.1) is 0 Å². The molecule has 0 aromatic heterocycles. The Bertz CT molecular complexity index is 218. The lowest BCUT2D eigenvalue weighted by atomic mass is 10.2. The molecular weight excluding hydrogens is 138 g/mol. The highest BCUT2D eigenvalue weighted by atomic mass is 16.6. The van der Waals surface area contributed by atoms with Crippen molar-refractivity contribution in [2.75, 3.05) is 6.61 Å². The molecule has 1 aromatic rings. The topological polar surface area (TPSA) is 21.6 Å². The van der Waals surface area contributed by atoms with E-state index in [9.17, 15) is 0 Å². The first-order valence-corrected chi connectivity index (χ1v) is 3.64. The van der Waals surface area contributed by atoms with E-state index in [-0.39, 0.29) is 0 Å². The monoisotopic (exact) mass is 149 g/mol. The predicted molar refractivity (Wildman–Crippen MR) is 45.7 cm³/mol. The van der Waals surface area contributed by atoms with Crippen LogP contribution in [0.3, 0.4) is 0 Å². The molecule has 0 atom stereocenters. The highest BCUT2D eigenvalue weighted by Crippen LogP contribution is 1.93. The van der Waals surface area contributed by atoms with Gasteiger partial charge in [0.2, 0.25) is 0 Å². The second kappa shape index (κ2) is 4.50. The minimum absolute atomic E-state index is 0.614. The van der Waals surface area contributed by atoms with E-state index in [0.29, 0.717) is 6.61 Å². The molecule has 0 N–H and O–H groups in total. The second-order valence-electron chi connectivity index (χ2n) is 2.06. The lowest BCUT2D eigenvalue weighted by molar-refractivity contribution is 0.160. The molecule has 58 valence electrons. The van der Waals surface area contributed by atoms with Crippen LogP contribution in [0.4, 0.5) is 0 Å².